The topological polar surface area (TPSA) is 56.3 Å². The molecular weight excluding hydrogens is 476 g/mol. The van der Waals surface area contributed by atoms with Crippen LogP contribution in [0, 0.1) is 0 Å². The second-order valence-electron chi connectivity index (χ2n) is 10.4. The molecule has 0 spiro atoms. The van der Waals surface area contributed by atoms with Crippen LogP contribution in [0.1, 0.15) is 70.3 Å². The largest absolute Gasteiger partial charge is 0.361 e. The fourth-order valence-electron chi connectivity index (χ4n) is 5.99. The molecule has 3 aliphatic rings. The highest BCUT2D eigenvalue weighted by molar-refractivity contribution is 7.80. The lowest BCUT2D eigenvalue weighted by Gasteiger charge is -2.35. The van der Waals surface area contributed by atoms with Crippen LogP contribution in [0.5, 0.6) is 0 Å². The number of nitrogens with zero attached hydrogens (tertiary/aromatic N) is 4. The predicted octanol–water partition coefficient (Wildman–Crippen LogP) is 5.91. The van der Waals surface area contributed by atoms with Crippen LogP contribution in [0.3, 0.4) is 0 Å². The minimum Gasteiger partial charge on any atom is -0.361 e. The molecule has 0 bridgehead atoms. The number of aromatic nitrogens is 2. The molecule has 6 nitrogen and oxygen atoms in total. The van der Waals surface area contributed by atoms with Crippen molar-refractivity contribution in [3.05, 3.63) is 40.9 Å². The quantitative estimate of drug-likeness (QED) is 0.467. The maximum Gasteiger partial charge on any atom is 0.232 e. The van der Waals surface area contributed by atoms with Crippen molar-refractivity contribution in [1.82, 2.24) is 15.3 Å². The normalized spacial score (nSPS) is 21.8. The van der Waals surface area contributed by atoms with E-state index in [1.807, 2.05) is 12.1 Å². The standard InChI is InChI=1S/C27H37ClN6S/c1-20-8-2-5-17-34(20)24-18-23(33-15-6-7-16-33)30-25(31-24)32-26(35)29-19-27(13-3-4-14-27)21-9-11-22(28)12-10-21/h9-12,18,20H,2-8,13-17,19H2,1H3,(H2,29,30,31,32,35)/t20-/m0/s1. The molecule has 5 rings (SSSR count). The highest BCUT2D eigenvalue weighted by Gasteiger charge is 2.35. The van der Waals surface area contributed by atoms with Gasteiger partial charge in [-0.3, -0.25) is 0 Å². The van der Waals surface area contributed by atoms with Crippen LogP contribution in [0.4, 0.5) is 17.6 Å². The molecular formula is C27H37ClN6S. The Hall–Kier alpha value is -2.12. The summed E-state index contributed by atoms with van der Waals surface area (Å²) >= 11 is 11.9. The van der Waals surface area contributed by atoms with Crippen molar-refractivity contribution in [3.8, 4) is 0 Å². The number of hydrogen-bond acceptors (Lipinski definition) is 5. The van der Waals surface area contributed by atoms with Gasteiger partial charge in [0.15, 0.2) is 5.11 Å². The van der Waals surface area contributed by atoms with Crippen LogP contribution in [-0.4, -0.2) is 47.3 Å². The molecule has 0 amide bonds. The van der Waals surface area contributed by atoms with E-state index in [4.69, 9.17) is 33.8 Å². The van der Waals surface area contributed by atoms with E-state index in [-0.39, 0.29) is 5.41 Å². The van der Waals surface area contributed by atoms with Gasteiger partial charge in [-0.1, -0.05) is 36.6 Å². The minimum absolute atomic E-state index is 0.0863. The molecule has 35 heavy (non-hydrogen) atoms. The Balaban J connectivity index is 1.32. The second-order valence-corrected chi connectivity index (χ2v) is 11.3. The van der Waals surface area contributed by atoms with Gasteiger partial charge < -0.3 is 20.4 Å². The van der Waals surface area contributed by atoms with Gasteiger partial charge >= 0.3 is 0 Å². The van der Waals surface area contributed by atoms with E-state index < -0.39 is 0 Å². The number of piperidine rings is 1. The summed E-state index contributed by atoms with van der Waals surface area (Å²) in [7, 11) is 0. The van der Waals surface area contributed by atoms with Gasteiger partial charge in [-0.2, -0.15) is 9.97 Å². The maximum absolute atomic E-state index is 6.15. The monoisotopic (exact) mass is 512 g/mol. The first-order valence-corrected chi connectivity index (χ1v) is 14.0. The van der Waals surface area contributed by atoms with Gasteiger partial charge in [0, 0.05) is 48.7 Å². The molecule has 2 aliphatic heterocycles. The zero-order valence-electron chi connectivity index (χ0n) is 20.7. The highest BCUT2D eigenvalue weighted by atomic mass is 35.5. The third-order valence-electron chi connectivity index (χ3n) is 8.06. The lowest BCUT2D eigenvalue weighted by Crippen LogP contribution is -2.41. The van der Waals surface area contributed by atoms with Crippen molar-refractivity contribution in [2.24, 2.45) is 0 Å². The summed E-state index contributed by atoms with van der Waals surface area (Å²) in [5.41, 5.74) is 1.42. The van der Waals surface area contributed by atoms with E-state index in [1.165, 1.54) is 50.5 Å². The van der Waals surface area contributed by atoms with Crippen molar-refractivity contribution in [2.75, 3.05) is 41.3 Å². The van der Waals surface area contributed by atoms with Crippen LogP contribution in [0.2, 0.25) is 5.02 Å². The first kappa shape index (κ1) is 24.6. The summed E-state index contributed by atoms with van der Waals surface area (Å²) in [4.78, 5) is 14.6. The Bertz CT molecular complexity index is 1020. The number of hydrogen-bond donors (Lipinski definition) is 2. The number of benzene rings is 1. The van der Waals surface area contributed by atoms with E-state index in [0.29, 0.717) is 17.1 Å². The van der Waals surface area contributed by atoms with Crippen LogP contribution in [0.15, 0.2) is 30.3 Å². The Kier molecular flexibility index (Phi) is 7.63. The van der Waals surface area contributed by atoms with Crippen LogP contribution >= 0.6 is 23.8 Å². The van der Waals surface area contributed by atoms with Gasteiger partial charge in [-0.15, -0.1) is 0 Å². The van der Waals surface area contributed by atoms with Gasteiger partial charge in [0.25, 0.3) is 0 Å². The Morgan fingerprint density at radius 2 is 1.69 bits per heavy atom. The summed E-state index contributed by atoms with van der Waals surface area (Å²) in [5.74, 6) is 2.60. The second kappa shape index (κ2) is 10.9. The van der Waals surface area contributed by atoms with E-state index in [9.17, 15) is 0 Å². The Labute approximate surface area is 219 Å². The molecule has 8 heteroatoms. The van der Waals surface area contributed by atoms with Crippen molar-refractivity contribution >= 4 is 46.5 Å². The first-order valence-electron chi connectivity index (χ1n) is 13.2. The maximum atomic E-state index is 6.15. The van der Waals surface area contributed by atoms with E-state index in [0.717, 1.165) is 55.7 Å². The molecule has 0 radical (unpaired) electrons. The molecule has 0 unspecified atom stereocenters. The molecule has 2 saturated heterocycles. The van der Waals surface area contributed by atoms with Crippen molar-refractivity contribution in [1.29, 1.82) is 0 Å². The molecule has 3 fully saturated rings. The number of nitrogens with one attached hydrogen (secondary N) is 2. The molecule has 188 valence electrons. The van der Waals surface area contributed by atoms with E-state index in [2.05, 4.69) is 45.6 Å². The van der Waals surface area contributed by atoms with Gasteiger partial charge in [0.1, 0.15) is 11.6 Å². The van der Waals surface area contributed by atoms with E-state index in [1.54, 1.807) is 0 Å². The third-order valence-corrected chi connectivity index (χ3v) is 8.55. The van der Waals surface area contributed by atoms with Crippen LogP contribution in [0.25, 0.3) is 0 Å². The summed E-state index contributed by atoms with van der Waals surface area (Å²) in [6.45, 7) is 6.25. The predicted molar refractivity (Wildman–Crippen MR) is 150 cm³/mol. The Morgan fingerprint density at radius 3 is 2.40 bits per heavy atom. The van der Waals surface area contributed by atoms with Gasteiger partial charge in [-0.05, 0) is 81.8 Å². The number of halogens is 1. The number of thiocarbonyl (C=S) groups is 1. The van der Waals surface area contributed by atoms with Crippen LogP contribution < -0.4 is 20.4 Å². The fraction of sp³-hybridized carbons (Fsp3) is 0.593. The van der Waals surface area contributed by atoms with Crippen molar-refractivity contribution in [2.45, 2.75) is 76.2 Å². The summed E-state index contributed by atoms with van der Waals surface area (Å²) in [6, 6.07) is 11.0. The lowest BCUT2D eigenvalue weighted by atomic mass is 9.79. The zero-order chi connectivity index (χ0) is 24.3. The minimum atomic E-state index is 0.0863. The van der Waals surface area contributed by atoms with Gasteiger partial charge in [0.05, 0.1) is 0 Å². The molecule has 1 saturated carbocycles. The summed E-state index contributed by atoms with van der Waals surface area (Å²) in [6.07, 6.45) is 10.9. The molecule has 1 aliphatic carbocycles. The SMILES string of the molecule is C[C@H]1CCCCN1c1cc(N2CCCC2)nc(NC(=S)NCC2(c3ccc(Cl)cc3)CCCC2)n1. The summed E-state index contributed by atoms with van der Waals surface area (Å²) in [5, 5.41) is 8.19. The van der Waals surface area contributed by atoms with Gasteiger partial charge in [-0.25, -0.2) is 0 Å². The molecule has 1 aromatic carbocycles. The van der Waals surface area contributed by atoms with Crippen molar-refractivity contribution in [3.63, 3.8) is 0 Å². The first-order chi connectivity index (χ1) is 17.0. The third kappa shape index (κ3) is 5.67. The Morgan fingerprint density at radius 1 is 1.00 bits per heavy atom. The molecule has 3 heterocycles. The molecule has 1 atom stereocenters. The number of rotatable bonds is 6. The van der Waals surface area contributed by atoms with E-state index >= 15 is 0 Å². The average Bonchev–Trinajstić information content (AvgIpc) is 3.57. The fourth-order valence-corrected chi connectivity index (χ4v) is 6.28. The molecule has 2 N–H and O–H groups in total. The van der Waals surface area contributed by atoms with Gasteiger partial charge in [0.2, 0.25) is 5.95 Å². The zero-order valence-corrected chi connectivity index (χ0v) is 22.3. The average molecular weight is 513 g/mol. The number of anilines is 3. The van der Waals surface area contributed by atoms with Crippen molar-refractivity contribution < 1.29 is 0 Å². The smallest absolute Gasteiger partial charge is 0.232 e. The molecule has 2 aromatic rings. The highest BCUT2D eigenvalue weighted by Crippen LogP contribution is 2.41. The van der Waals surface area contributed by atoms with Crippen LogP contribution in [-0.2, 0) is 5.41 Å². The molecule has 1 aromatic heterocycles. The summed E-state index contributed by atoms with van der Waals surface area (Å²) < 4.78 is 0. The lowest BCUT2D eigenvalue weighted by molar-refractivity contribution is 0.435.